The Morgan fingerprint density at radius 3 is 2.71 bits per heavy atom. The van der Waals surface area contributed by atoms with Crippen molar-refractivity contribution in [1.29, 1.82) is 0 Å². The maximum atomic E-state index is 11.4. The Hall–Kier alpha value is -1.96. The number of hydrogen-bond acceptors (Lipinski definition) is 5. The second kappa shape index (κ2) is 5.44. The topological polar surface area (TPSA) is 101 Å². The number of carbonyl (C=O) groups is 1. The number of fused-ring (bicyclic) bond motifs is 1. The highest BCUT2D eigenvalue weighted by atomic mass is 32.2. The highest BCUT2D eigenvalue weighted by molar-refractivity contribution is 7.85. The summed E-state index contributed by atoms with van der Waals surface area (Å²) in [7, 11) is -0.768. The SMILES string of the molecule is O=C1Cc2cc([N+](=O)[O-])c(NC3CCS(=O)CC3)cc2N1. The van der Waals surface area contributed by atoms with Crippen LogP contribution in [0.25, 0.3) is 0 Å². The van der Waals surface area contributed by atoms with Gasteiger partial charge >= 0.3 is 0 Å². The Labute approximate surface area is 123 Å². The smallest absolute Gasteiger partial charge is 0.292 e. The third-order valence-corrected chi connectivity index (χ3v) is 5.17. The number of hydrogen-bond donors (Lipinski definition) is 2. The van der Waals surface area contributed by atoms with Gasteiger partial charge in [0.05, 0.1) is 11.3 Å². The van der Waals surface area contributed by atoms with Crippen molar-refractivity contribution in [3.63, 3.8) is 0 Å². The molecular formula is C13H15N3O4S. The van der Waals surface area contributed by atoms with Gasteiger partial charge in [-0.15, -0.1) is 0 Å². The molecule has 0 saturated carbocycles. The molecule has 2 aliphatic rings. The van der Waals surface area contributed by atoms with Crippen molar-refractivity contribution in [2.45, 2.75) is 25.3 Å². The summed E-state index contributed by atoms with van der Waals surface area (Å²) < 4.78 is 11.4. The summed E-state index contributed by atoms with van der Waals surface area (Å²) >= 11 is 0. The van der Waals surface area contributed by atoms with Gasteiger partial charge in [-0.25, -0.2) is 0 Å². The van der Waals surface area contributed by atoms with Crippen LogP contribution in [0.15, 0.2) is 12.1 Å². The highest BCUT2D eigenvalue weighted by Gasteiger charge is 2.26. The van der Waals surface area contributed by atoms with Crippen molar-refractivity contribution in [3.05, 3.63) is 27.8 Å². The summed E-state index contributed by atoms with van der Waals surface area (Å²) in [6, 6.07) is 3.16. The summed E-state index contributed by atoms with van der Waals surface area (Å²) in [6.45, 7) is 0. The Bertz CT molecular complexity index is 637. The molecule has 1 fully saturated rings. The van der Waals surface area contributed by atoms with Crippen LogP contribution in [-0.2, 0) is 22.0 Å². The van der Waals surface area contributed by atoms with E-state index in [9.17, 15) is 19.1 Å². The van der Waals surface area contributed by atoms with E-state index in [0.29, 0.717) is 28.4 Å². The molecule has 112 valence electrons. The molecule has 2 N–H and O–H groups in total. The molecule has 0 aliphatic carbocycles. The number of nitro groups is 1. The van der Waals surface area contributed by atoms with Crippen molar-refractivity contribution in [1.82, 2.24) is 0 Å². The molecule has 2 aliphatic heterocycles. The fourth-order valence-electron chi connectivity index (χ4n) is 2.69. The molecule has 21 heavy (non-hydrogen) atoms. The van der Waals surface area contributed by atoms with Crippen LogP contribution in [0.5, 0.6) is 0 Å². The maximum absolute atomic E-state index is 11.4. The van der Waals surface area contributed by atoms with Gasteiger partial charge in [0.15, 0.2) is 0 Å². The predicted molar refractivity (Wildman–Crippen MR) is 80.0 cm³/mol. The first kappa shape index (κ1) is 14.0. The van der Waals surface area contributed by atoms with Crippen molar-refractivity contribution in [3.8, 4) is 0 Å². The minimum absolute atomic E-state index is 0.0167. The third kappa shape index (κ3) is 2.90. The van der Waals surface area contributed by atoms with Crippen molar-refractivity contribution < 1.29 is 13.9 Å². The zero-order chi connectivity index (χ0) is 15.0. The van der Waals surface area contributed by atoms with Gasteiger partial charge in [-0.2, -0.15) is 0 Å². The number of rotatable bonds is 3. The van der Waals surface area contributed by atoms with E-state index in [1.54, 1.807) is 6.07 Å². The summed E-state index contributed by atoms with van der Waals surface area (Å²) in [6.07, 6.45) is 1.64. The normalized spacial score (nSPS) is 24.3. The van der Waals surface area contributed by atoms with E-state index < -0.39 is 15.7 Å². The molecule has 1 aromatic carbocycles. The second-order valence-electron chi connectivity index (χ2n) is 5.28. The minimum atomic E-state index is -0.768. The van der Waals surface area contributed by atoms with Crippen LogP contribution >= 0.6 is 0 Å². The largest absolute Gasteiger partial charge is 0.377 e. The van der Waals surface area contributed by atoms with Gasteiger partial charge in [-0.3, -0.25) is 19.1 Å². The number of amides is 1. The summed E-state index contributed by atoms with van der Waals surface area (Å²) in [5.74, 6) is 1.09. The van der Waals surface area contributed by atoms with Crippen LogP contribution in [0, 0.1) is 10.1 Å². The second-order valence-corrected chi connectivity index (χ2v) is 6.97. The van der Waals surface area contributed by atoms with E-state index in [2.05, 4.69) is 10.6 Å². The van der Waals surface area contributed by atoms with E-state index in [-0.39, 0.29) is 24.1 Å². The van der Waals surface area contributed by atoms with Gasteiger partial charge in [-0.1, -0.05) is 0 Å². The lowest BCUT2D eigenvalue weighted by Crippen LogP contribution is -2.29. The Balaban J connectivity index is 1.87. The van der Waals surface area contributed by atoms with Crippen LogP contribution in [0.1, 0.15) is 18.4 Å². The maximum Gasteiger partial charge on any atom is 0.292 e. The number of nitrogens with zero attached hydrogens (tertiary/aromatic N) is 1. The zero-order valence-electron chi connectivity index (χ0n) is 11.3. The number of benzene rings is 1. The number of carbonyl (C=O) groups excluding carboxylic acids is 1. The Kier molecular flexibility index (Phi) is 3.62. The van der Waals surface area contributed by atoms with E-state index in [4.69, 9.17) is 0 Å². The van der Waals surface area contributed by atoms with Crippen LogP contribution in [0.2, 0.25) is 0 Å². The van der Waals surface area contributed by atoms with Gasteiger partial charge in [0.1, 0.15) is 5.69 Å². The first-order valence-electron chi connectivity index (χ1n) is 6.75. The number of anilines is 2. The fraction of sp³-hybridized carbons (Fsp3) is 0.462. The molecule has 0 spiro atoms. The molecule has 2 heterocycles. The molecule has 3 rings (SSSR count). The van der Waals surface area contributed by atoms with Gasteiger partial charge in [-0.05, 0) is 24.5 Å². The summed E-state index contributed by atoms with van der Waals surface area (Å²) in [5.41, 5.74) is 1.69. The molecule has 7 nitrogen and oxygen atoms in total. The number of nitro benzene ring substituents is 1. The van der Waals surface area contributed by atoms with Crippen molar-refractivity contribution in [2.24, 2.45) is 0 Å². The predicted octanol–water partition coefficient (Wildman–Crippen LogP) is 1.41. The van der Waals surface area contributed by atoms with Gasteiger partial charge < -0.3 is 10.6 Å². The van der Waals surface area contributed by atoms with Crippen LogP contribution in [0.3, 0.4) is 0 Å². The quantitative estimate of drug-likeness (QED) is 0.649. The molecular weight excluding hydrogens is 294 g/mol. The molecule has 1 amide bonds. The Morgan fingerprint density at radius 2 is 2.05 bits per heavy atom. The molecule has 0 atom stereocenters. The van der Waals surface area contributed by atoms with E-state index in [0.717, 1.165) is 12.8 Å². The van der Waals surface area contributed by atoms with Crippen molar-refractivity contribution in [2.75, 3.05) is 22.1 Å². The monoisotopic (exact) mass is 309 g/mol. The molecule has 0 aromatic heterocycles. The third-order valence-electron chi connectivity index (χ3n) is 3.79. The molecule has 0 radical (unpaired) electrons. The lowest BCUT2D eigenvalue weighted by atomic mass is 10.1. The van der Waals surface area contributed by atoms with Crippen molar-refractivity contribution >= 4 is 33.8 Å². The van der Waals surface area contributed by atoms with Crippen LogP contribution < -0.4 is 10.6 Å². The van der Waals surface area contributed by atoms with Gasteiger partial charge in [0.2, 0.25) is 5.91 Å². The first-order chi connectivity index (χ1) is 10.0. The lowest BCUT2D eigenvalue weighted by Gasteiger charge is -2.23. The fourth-order valence-corrected chi connectivity index (χ4v) is 3.99. The van der Waals surface area contributed by atoms with Crippen LogP contribution in [0.4, 0.5) is 17.1 Å². The van der Waals surface area contributed by atoms with E-state index in [1.807, 2.05) is 0 Å². The molecule has 1 aromatic rings. The summed E-state index contributed by atoms with van der Waals surface area (Å²) in [5, 5.41) is 17.1. The zero-order valence-corrected chi connectivity index (χ0v) is 12.1. The molecule has 0 unspecified atom stereocenters. The van der Waals surface area contributed by atoms with E-state index >= 15 is 0 Å². The summed E-state index contributed by atoms with van der Waals surface area (Å²) in [4.78, 5) is 22.2. The average molecular weight is 309 g/mol. The number of nitrogens with one attached hydrogen (secondary N) is 2. The van der Waals surface area contributed by atoms with E-state index in [1.165, 1.54) is 6.07 Å². The standard InChI is InChI=1S/C13H15N3O4S/c17-13-6-8-5-12(16(18)19)11(7-10(8)15-13)14-9-1-3-21(20)4-2-9/h5,7,9,14H,1-4,6H2,(H,15,17). The van der Waals surface area contributed by atoms with Gasteiger partial charge in [0.25, 0.3) is 5.69 Å². The molecule has 0 bridgehead atoms. The van der Waals surface area contributed by atoms with Crippen LogP contribution in [-0.4, -0.2) is 32.6 Å². The Morgan fingerprint density at radius 1 is 1.33 bits per heavy atom. The average Bonchev–Trinajstić information content (AvgIpc) is 2.79. The minimum Gasteiger partial charge on any atom is -0.377 e. The molecule has 1 saturated heterocycles. The highest BCUT2D eigenvalue weighted by Crippen LogP contribution is 2.35. The first-order valence-corrected chi connectivity index (χ1v) is 8.24. The molecule has 8 heteroatoms. The van der Waals surface area contributed by atoms with Gasteiger partial charge in [0, 0.05) is 40.1 Å². The lowest BCUT2D eigenvalue weighted by molar-refractivity contribution is -0.384.